The number of likely N-dealkylation sites (N-methyl/N-ethyl adjacent to an activating group) is 1. The number of nitrogens with one attached hydrogen (secondary N) is 2. The van der Waals surface area contributed by atoms with Crippen molar-refractivity contribution in [3.8, 4) is 6.07 Å². The topological polar surface area (TPSA) is 115 Å². The van der Waals surface area contributed by atoms with E-state index in [1.54, 1.807) is 16.8 Å². The summed E-state index contributed by atoms with van der Waals surface area (Å²) in [6.45, 7) is 4.43. The Morgan fingerprint density at radius 3 is 2.70 bits per heavy atom. The summed E-state index contributed by atoms with van der Waals surface area (Å²) >= 11 is 12.7. The van der Waals surface area contributed by atoms with Crippen LogP contribution in [0.15, 0.2) is 73.1 Å². The van der Waals surface area contributed by atoms with Crippen LogP contribution in [0.5, 0.6) is 0 Å². The molecule has 12 heteroatoms. The second-order valence-corrected chi connectivity index (χ2v) is 11.5. The number of aliphatic hydroxyl groups excluding tert-OH is 1. The molecule has 3 aromatic carbocycles. The number of rotatable bonds is 8. The van der Waals surface area contributed by atoms with Gasteiger partial charge < -0.3 is 20.6 Å². The molecule has 2 aromatic heterocycles. The fourth-order valence-corrected chi connectivity index (χ4v) is 6.01. The van der Waals surface area contributed by atoms with Crippen molar-refractivity contribution in [2.75, 3.05) is 30.3 Å². The van der Waals surface area contributed by atoms with Crippen LogP contribution in [0.25, 0.3) is 10.9 Å². The van der Waals surface area contributed by atoms with Crippen molar-refractivity contribution in [1.82, 2.24) is 24.9 Å². The summed E-state index contributed by atoms with van der Waals surface area (Å²) in [6, 6.07) is 19.1. The average molecular weight is 632 g/mol. The smallest absolute Gasteiger partial charge is 0.141 e. The number of nitrogens with zero attached hydrogens (tertiary/aromatic N) is 6. The number of piperidine rings is 1. The molecule has 1 fully saturated rings. The number of anilines is 3. The Bertz CT molecular complexity index is 1840. The monoisotopic (exact) mass is 630 g/mol. The first-order chi connectivity index (χ1) is 21.3. The van der Waals surface area contributed by atoms with Gasteiger partial charge in [0.05, 0.1) is 51.9 Å². The lowest BCUT2D eigenvalue weighted by atomic mass is 10.0. The first kappa shape index (κ1) is 29.8. The van der Waals surface area contributed by atoms with Crippen molar-refractivity contribution in [3.63, 3.8) is 0 Å². The van der Waals surface area contributed by atoms with Crippen molar-refractivity contribution < 1.29 is 9.50 Å². The molecule has 0 aliphatic carbocycles. The number of nitriles is 1. The fourth-order valence-electron chi connectivity index (χ4n) is 5.61. The zero-order valence-electron chi connectivity index (χ0n) is 23.8. The number of aliphatic hydroxyl groups is 1. The predicted molar refractivity (Wildman–Crippen MR) is 170 cm³/mol. The van der Waals surface area contributed by atoms with E-state index in [1.165, 1.54) is 24.4 Å². The highest BCUT2D eigenvalue weighted by Gasteiger charge is 2.30. The molecule has 1 aliphatic rings. The van der Waals surface area contributed by atoms with Gasteiger partial charge in [-0.1, -0.05) is 65.7 Å². The Labute approximate surface area is 263 Å². The molecular formula is C32H29Cl2FN8O. The van der Waals surface area contributed by atoms with Crippen LogP contribution in [0, 0.1) is 17.1 Å². The summed E-state index contributed by atoms with van der Waals surface area (Å²) in [7, 11) is 0. The van der Waals surface area contributed by atoms with Crippen molar-refractivity contribution in [2.24, 2.45) is 0 Å². The Morgan fingerprint density at radius 1 is 1.16 bits per heavy atom. The van der Waals surface area contributed by atoms with Crippen molar-refractivity contribution in [2.45, 2.75) is 31.5 Å². The van der Waals surface area contributed by atoms with Crippen LogP contribution in [0.3, 0.4) is 0 Å². The normalized spacial score (nSPS) is 17.7. The zero-order valence-corrected chi connectivity index (χ0v) is 25.3. The largest absolute Gasteiger partial charge is 0.390 e. The van der Waals surface area contributed by atoms with Gasteiger partial charge in [-0.25, -0.2) is 9.07 Å². The molecule has 0 saturated carbocycles. The van der Waals surface area contributed by atoms with Gasteiger partial charge in [-0.2, -0.15) is 5.26 Å². The summed E-state index contributed by atoms with van der Waals surface area (Å²) in [6.07, 6.45) is 3.56. The van der Waals surface area contributed by atoms with Gasteiger partial charge in [-0.15, -0.1) is 5.10 Å². The number of halogens is 3. The van der Waals surface area contributed by atoms with Gasteiger partial charge >= 0.3 is 0 Å². The lowest BCUT2D eigenvalue weighted by Crippen LogP contribution is -2.44. The maximum atomic E-state index is 13.8. The quantitative estimate of drug-likeness (QED) is 0.173. The van der Waals surface area contributed by atoms with Crippen LogP contribution in [0.2, 0.25) is 10.0 Å². The first-order valence-corrected chi connectivity index (χ1v) is 15.0. The van der Waals surface area contributed by atoms with Crippen LogP contribution in [-0.2, 0) is 0 Å². The van der Waals surface area contributed by atoms with Crippen LogP contribution < -0.4 is 10.6 Å². The van der Waals surface area contributed by atoms with Crippen LogP contribution >= 0.6 is 23.2 Å². The molecule has 5 aromatic rings. The summed E-state index contributed by atoms with van der Waals surface area (Å²) in [5.74, 6) is -0.545. The third-order valence-corrected chi connectivity index (χ3v) is 8.43. The lowest BCUT2D eigenvalue weighted by molar-refractivity contribution is 0.0242. The minimum absolute atomic E-state index is 0.0468. The molecule has 224 valence electrons. The Balaban J connectivity index is 1.40. The van der Waals surface area contributed by atoms with Crippen LogP contribution in [-0.4, -0.2) is 55.7 Å². The summed E-state index contributed by atoms with van der Waals surface area (Å²) in [4.78, 5) is 6.84. The Morgan fingerprint density at radius 2 is 1.98 bits per heavy atom. The van der Waals surface area contributed by atoms with Gasteiger partial charge in [0.1, 0.15) is 17.6 Å². The standard InChI is InChI=1S/C32H29Cl2FN8O/c1-2-42-11-10-28(29(44)18-42)43-17-27(40-41-43)31(19-6-4-3-5-7-19)39-26-13-21(33)12-23-30(20(15-36)16-37-32(23)26)38-22-8-9-25(35)24(34)14-22/h3-9,12-14,16-17,28-29,31,39,44H,2,10-11,18H2,1H3,(H,37,38)/t28-,29-,31+/m1/s1. The minimum Gasteiger partial charge on any atom is -0.390 e. The second kappa shape index (κ2) is 12.8. The molecule has 0 amide bonds. The van der Waals surface area contributed by atoms with Crippen molar-refractivity contribution >= 4 is 51.2 Å². The van der Waals surface area contributed by atoms with E-state index >= 15 is 0 Å². The van der Waals surface area contributed by atoms with E-state index in [0.717, 1.165) is 25.1 Å². The number of fused-ring (bicyclic) bond motifs is 1. The third kappa shape index (κ3) is 6.05. The van der Waals surface area contributed by atoms with E-state index in [9.17, 15) is 14.8 Å². The summed E-state index contributed by atoms with van der Waals surface area (Å²) in [5, 5.41) is 37.4. The fraction of sp³-hybridized carbons (Fsp3) is 0.250. The highest BCUT2D eigenvalue weighted by atomic mass is 35.5. The highest BCUT2D eigenvalue weighted by Crippen LogP contribution is 2.38. The molecule has 0 radical (unpaired) electrons. The Hall–Kier alpha value is -4.27. The van der Waals surface area contributed by atoms with Crippen LogP contribution in [0.4, 0.5) is 21.5 Å². The molecule has 44 heavy (non-hydrogen) atoms. The van der Waals surface area contributed by atoms with Crippen molar-refractivity contribution in [1.29, 1.82) is 5.26 Å². The summed E-state index contributed by atoms with van der Waals surface area (Å²) in [5.41, 5.74) is 3.99. The number of hydrogen-bond acceptors (Lipinski definition) is 8. The second-order valence-electron chi connectivity index (χ2n) is 10.7. The number of hydrogen-bond donors (Lipinski definition) is 3. The van der Waals surface area contributed by atoms with Gasteiger partial charge in [-0.3, -0.25) is 4.98 Å². The number of β-amino-alcohol motifs (C(OH)–C–C–N with tert-alkyl or cyclic N) is 1. The van der Waals surface area contributed by atoms with Gasteiger partial charge in [-0.05, 0) is 48.9 Å². The lowest BCUT2D eigenvalue weighted by Gasteiger charge is -2.35. The predicted octanol–water partition coefficient (Wildman–Crippen LogP) is 6.72. The minimum atomic E-state index is -0.557. The molecule has 3 N–H and O–H groups in total. The molecule has 9 nitrogen and oxygen atoms in total. The number of benzene rings is 3. The Kier molecular flexibility index (Phi) is 8.64. The van der Waals surface area contributed by atoms with Gasteiger partial charge in [0.2, 0.25) is 0 Å². The highest BCUT2D eigenvalue weighted by molar-refractivity contribution is 6.32. The van der Waals surface area contributed by atoms with Gasteiger partial charge in [0.25, 0.3) is 0 Å². The van der Waals surface area contributed by atoms with Crippen molar-refractivity contribution in [3.05, 3.63) is 106 Å². The first-order valence-electron chi connectivity index (χ1n) is 14.2. The molecule has 1 saturated heterocycles. The molecule has 6 rings (SSSR count). The van der Waals surface area contributed by atoms with Gasteiger partial charge in [0.15, 0.2) is 0 Å². The number of pyridine rings is 1. The molecule has 0 unspecified atom stereocenters. The van der Waals surface area contributed by atoms with Gasteiger partial charge in [0, 0.05) is 35.4 Å². The van der Waals surface area contributed by atoms with E-state index in [2.05, 4.69) is 43.8 Å². The SMILES string of the molecule is CCN1CC[C@@H](n2cc([C@@H](Nc3cc(Cl)cc4c(Nc5ccc(F)c(Cl)c5)c(C#N)cnc34)c3ccccc3)nn2)[C@H](O)C1. The van der Waals surface area contributed by atoms with E-state index in [-0.39, 0.29) is 16.6 Å². The van der Waals surface area contributed by atoms with Crippen LogP contribution in [0.1, 0.15) is 42.2 Å². The zero-order chi connectivity index (χ0) is 30.8. The molecule has 1 aliphatic heterocycles. The third-order valence-electron chi connectivity index (χ3n) is 7.92. The molecule has 3 atom stereocenters. The molecular weight excluding hydrogens is 602 g/mol. The summed E-state index contributed by atoms with van der Waals surface area (Å²) < 4.78 is 15.6. The molecule has 3 heterocycles. The van der Waals surface area contributed by atoms with E-state index in [4.69, 9.17) is 23.2 Å². The maximum Gasteiger partial charge on any atom is 0.141 e. The molecule has 0 bridgehead atoms. The van der Waals surface area contributed by atoms with E-state index < -0.39 is 18.0 Å². The number of aromatic nitrogens is 4. The molecule has 0 spiro atoms. The maximum absolute atomic E-state index is 13.8. The van der Waals surface area contributed by atoms with E-state index in [1.807, 2.05) is 36.5 Å². The average Bonchev–Trinajstić information content (AvgIpc) is 3.51. The van der Waals surface area contributed by atoms with E-state index in [0.29, 0.717) is 45.2 Å². The number of likely N-dealkylation sites (tertiary alicyclic amines) is 1.